The average molecular weight is 186 g/mol. The van der Waals surface area contributed by atoms with Gasteiger partial charge in [0.2, 0.25) is 5.91 Å². The molecule has 0 unspecified atom stereocenters. The standard InChI is InChI=1S/C7H10N2O4/c1-3-13-7(12)6(11)4-8-9-5(2)10/h4H,3H2,1-2H3,(H,9,10). The summed E-state index contributed by atoms with van der Waals surface area (Å²) in [6, 6.07) is 0. The van der Waals surface area contributed by atoms with E-state index in [0.717, 1.165) is 0 Å². The highest BCUT2D eigenvalue weighted by Gasteiger charge is 2.11. The summed E-state index contributed by atoms with van der Waals surface area (Å²) in [5, 5.41) is 3.20. The van der Waals surface area contributed by atoms with E-state index in [0.29, 0.717) is 6.21 Å². The molecular formula is C7H10N2O4. The molecule has 0 aliphatic carbocycles. The number of carbonyl (C=O) groups is 3. The second kappa shape index (κ2) is 5.87. The van der Waals surface area contributed by atoms with Crippen molar-refractivity contribution in [3.8, 4) is 0 Å². The lowest BCUT2D eigenvalue weighted by atomic mass is 10.4. The van der Waals surface area contributed by atoms with E-state index in [2.05, 4.69) is 9.84 Å². The number of hydrogen-bond donors (Lipinski definition) is 1. The normalized spacial score (nSPS) is 9.69. The van der Waals surface area contributed by atoms with Crippen LogP contribution < -0.4 is 5.43 Å². The van der Waals surface area contributed by atoms with Gasteiger partial charge in [-0.3, -0.25) is 9.59 Å². The number of Topliss-reactive ketones (excluding diaryl/α,β-unsaturated/α-hetero) is 1. The molecule has 0 spiro atoms. The van der Waals surface area contributed by atoms with Gasteiger partial charge in [0.25, 0.3) is 5.78 Å². The van der Waals surface area contributed by atoms with Crippen molar-refractivity contribution in [3.05, 3.63) is 0 Å². The maximum atomic E-state index is 10.7. The first-order valence-electron chi connectivity index (χ1n) is 3.58. The monoisotopic (exact) mass is 186 g/mol. The highest BCUT2D eigenvalue weighted by Crippen LogP contribution is 1.78. The zero-order chi connectivity index (χ0) is 10.3. The van der Waals surface area contributed by atoms with Crippen LogP contribution in [0.15, 0.2) is 5.10 Å². The van der Waals surface area contributed by atoms with Gasteiger partial charge in [-0.15, -0.1) is 0 Å². The van der Waals surface area contributed by atoms with Crippen LogP contribution in [0.1, 0.15) is 13.8 Å². The number of amides is 1. The van der Waals surface area contributed by atoms with Crippen LogP contribution in [0.2, 0.25) is 0 Å². The van der Waals surface area contributed by atoms with Gasteiger partial charge >= 0.3 is 5.97 Å². The van der Waals surface area contributed by atoms with Gasteiger partial charge in [-0.1, -0.05) is 0 Å². The van der Waals surface area contributed by atoms with E-state index in [1.54, 1.807) is 6.92 Å². The number of esters is 1. The molecule has 0 saturated carbocycles. The molecule has 6 nitrogen and oxygen atoms in total. The lowest BCUT2D eigenvalue weighted by molar-refractivity contribution is -0.150. The van der Waals surface area contributed by atoms with Crippen LogP contribution in [-0.2, 0) is 19.1 Å². The summed E-state index contributed by atoms with van der Waals surface area (Å²) in [5.74, 6) is -2.32. The minimum absolute atomic E-state index is 0.124. The van der Waals surface area contributed by atoms with Crippen LogP contribution in [-0.4, -0.2) is 30.5 Å². The third-order valence-electron chi connectivity index (χ3n) is 0.880. The van der Waals surface area contributed by atoms with Gasteiger partial charge in [-0.05, 0) is 6.92 Å². The number of nitrogens with zero attached hydrogens (tertiary/aromatic N) is 1. The number of nitrogens with one attached hydrogen (secondary N) is 1. The van der Waals surface area contributed by atoms with Crippen molar-refractivity contribution < 1.29 is 19.1 Å². The smallest absolute Gasteiger partial charge is 0.380 e. The van der Waals surface area contributed by atoms with Crippen molar-refractivity contribution in [2.75, 3.05) is 6.61 Å². The fraction of sp³-hybridized carbons (Fsp3) is 0.429. The Bertz CT molecular complexity index is 247. The molecule has 13 heavy (non-hydrogen) atoms. The van der Waals surface area contributed by atoms with Gasteiger partial charge in [0.15, 0.2) is 0 Å². The summed E-state index contributed by atoms with van der Waals surface area (Å²) in [5.41, 5.74) is 1.98. The Morgan fingerprint density at radius 3 is 2.54 bits per heavy atom. The van der Waals surface area contributed by atoms with Crippen molar-refractivity contribution in [3.63, 3.8) is 0 Å². The van der Waals surface area contributed by atoms with E-state index >= 15 is 0 Å². The molecule has 0 aromatic heterocycles. The van der Waals surface area contributed by atoms with Crippen LogP contribution in [0.5, 0.6) is 0 Å². The minimum Gasteiger partial charge on any atom is -0.460 e. The molecule has 0 radical (unpaired) electrons. The Morgan fingerprint density at radius 2 is 2.08 bits per heavy atom. The van der Waals surface area contributed by atoms with Crippen molar-refractivity contribution in [1.82, 2.24) is 5.43 Å². The number of ketones is 1. The lowest BCUT2D eigenvalue weighted by Gasteiger charge is -1.95. The fourth-order valence-corrected chi connectivity index (χ4v) is 0.437. The highest BCUT2D eigenvalue weighted by molar-refractivity contribution is 6.56. The lowest BCUT2D eigenvalue weighted by Crippen LogP contribution is -2.21. The fourth-order valence-electron chi connectivity index (χ4n) is 0.437. The van der Waals surface area contributed by atoms with Crippen molar-refractivity contribution in [2.45, 2.75) is 13.8 Å². The zero-order valence-electron chi connectivity index (χ0n) is 7.36. The van der Waals surface area contributed by atoms with Crippen LogP contribution >= 0.6 is 0 Å². The molecule has 0 saturated heterocycles. The molecule has 0 heterocycles. The molecule has 0 aromatic rings. The molecule has 0 aliphatic rings. The first kappa shape index (κ1) is 11.3. The van der Waals surface area contributed by atoms with Crippen LogP contribution in [0, 0.1) is 0 Å². The van der Waals surface area contributed by atoms with E-state index in [4.69, 9.17) is 0 Å². The summed E-state index contributed by atoms with van der Waals surface area (Å²) < 4.78 is 4.37. The number of carbonyl (C=O) groups excluding carboxylic acids is 3. The van der Waals surface area contributed by atoms with Crippen LogP contribution in [0.4, 0.5) is 0 Å². The minimum atomic E-state index is -0.989. The predicted octanol–water partition coefficient (Wildman–Crippen LogP) is -0.760. The van der Waals surface area contributed by atoms with Gasteiger partial charge in [-0.25, -0.2) is 10.2 Å². The first-order valence-corrected chi connectivity index (χ1v) is 3.58. The van der Waals surface area contributed by atoms with Gasteiger partial charge in [0.1, 0.15) is 6.21 Å². The number of hydrogen-bond acceptors (Lipinski definition) is 5. The quantitative estimate of drug-likeness (QED) is 0.270. The zero-order valence-corrected chi connectivity index (χ0v) is 7.36. The SMILES string of the molecule is CCOC(=O)C(=O)C=NNC(C)=O. The van der Waals surface area contributed by atoms with Crippen molar-refractivity contribution in [2.24, 2.45) is 5.10 Å². The summed E-state index contributed by atoms with van der Waals surface area (Å²) >= 11 is 0. The Hall–Kier alpha value is -1.72. The molecule has 72 valence electrons. The van der Waals surface area contributed by atoms with Crippen molar-refractivity contribution >= 4 is 23.9 Å². The molecule has 0 atom stereocenters. The number of ether oxygens (including phenoxy) is 1. The van der Waals surface area contributed by atoms with Gasteiger partial charge in [0.05, 0.1) is 6.61 Å². The summed E-state index contributed by atoms with van der Waals surface area (Å²) in [7, 11) is 0. The first-order chi connectivity index (χ1) is 6.07. The maximum absolute atomic E-state index is 10.7. The number of hydrazone groups is 1. The predicted molar refractivity (Wildman–Crippen MR) is 43.9 cm³/mol. The molecule has 0 aromatic carbocycles. The van der Waals surface area contributed by atoms with E-state index in [-0.39, 0.29) is 6.61 Å². The molecule has 6 heteroatoms. The Labute approximate surface area is 74.9 Å². The van der Waals surface area contributed by atoms with Gasteiger partial charge in [-0.2, -0.15) is 5.10 Å². The van der Waals surface area contributed by atoms with E-state index in [1.165, 1.54) is 6.92 Å². The average Bonchev–Trinajstić information content (AvgIpc) is 2.04. The molecule has 1 N–H and O–H groups in total. The van der Waals surface area contributed by atoms with Crippen molar-refractivity contribution in [1.29, 1.82) is 0 Å². The summed E-state index contributed by atoms with van der Waals surface area (Å²) in [6.45, 7) is 2.93. The number of rotatable bonds is 4. The molecular weight excluding hydrogens is 176 g/mol. The third-order valence-corrected chi connectivity index (χ3v) is 0.880. The van der Waals surface area contributed by atoms with Gasteiger partial charge in [0, 0.05) is 6.92 Å². The van der Waals surface area contributed by atoms with Gasteiger partial charge < -0.3 is 4.74 Å². The molecule has 0 rings (SSSR count). The summed E-state index contributed by atoms with van der Waals surface area (Å²) in [4.78, 5) is 31.7. The maximum Gasteiger partial charge on any atom is 0.380 e. The largest absolute Gasteiger partial charge is 0.460 e. The van der Waals surface area contributed by atoms with E-state index in [9.17, 15) is 14.4 Å². The van der Waals surface area contributed by atoms with E-state index < -0.39 is 17.7 Å². The summed E-state index contributed by atoms with van der Waals surface area (Å²) in [6.07, 6.45) is 0.694. The molecule has 0 aliphatic heterocycles. The third kappa shape index (κ3) is 5.54. The Balaban J connectivity index is 3.92. The second-order valence-electron chi connectivity index (χ2n) is 2.01. The molecule has 0 fully saturated rings. The topological polar surface area (TPSA) is 84.8 Å². The highest BCUT2D eigenvalue weighted by atomic mass is 16.5. The Morgan fingerprint density at radius 1 is 1.46 bits per heavy atom. The van der Waals surface area contributed by atoms with E-state index in [1.807, 2.05) is 5.43 Å². The van der Waals surface area contributed by atoms with Crippen LogP contribution in [0.3, 0.4) is 0 Å². The van der Waals surface area contributed by atoms with Crippen LogP contribution in [0.25, 0.3) is 0 Å². The molecule has 0 bridgehead atoms. The Kier molecular flexibility index (Phi) is 5.09. The second-order valence-corrected chi connectivity index (χ2v) is 2.01. The molecule has 1 amide bonds.